The number of carbonyl (C=O) groups is 1. The second-order valence-corrected chi connectivity index (χ2v) is 7.23. The van der Waals surface area contributed by atoms with Crippen molar-refractivity contribution in [2.45, 2.75) is 54.1 Å². The van der Waals surface area contributed by atoms with Crippen LogP contribution in [0.3, 0.4) is 0 Å². The SMILES string of the molecule is CCOc1ccc(CN(C)C(=O)Cc2c(C)nn(CC(C)C)c2C)cc1. The molecule has 2 rings (SSSR count). The van der Waals surface area contributed by atoms with Gasteiger partial charge in [-0.15, -0.1) is 0 Å². The molecule has 26 heavy (non-hydrogen) atoms. The number of hydrogen-bond acceptors (Lipinski definition) is 3. The molecule has 0 spiro atoms. The van der Waals surface area contributed by atoms with E-state index in [0.29, 0.717) is 25.5 Å². The Morgan fingerprint density at radius 2 is 1.88 bits per heavy atom. The van der Waals surface area contributed by atoms with Crippen LogP contribution in [0.15, 0.2) is 24.3 Å². The van der Waals surface area contributed by atoms with Crippen LogP contribution in [0.5, 0.6) is 5.75 Å². The molecule has 0 N–H and O–H groups in total. The zero-order valence-corrected chi connectivity index (χ0v) is 16.9. The Kier molecular flexibility index (Phi) is 6.83. The van der Waals surface area contributed by atoms with Crippen molar-refractivity contribution < 1.29 is 9.53 Å². The maximum Gasteiger partial charge on any atom is 0.227 e. The highest BCUT2D eigenvalue weighted by Crippen LogP contribution is 2.17. The second kappa shape index (κ2) is 8.88. The van der Waals surface area contributed by atoms with Crippen LogP contribution in [0, 0.1) is 19.8 Å². The topological polar surface area (TPSA) is 47.4 Å². The minimum atomic E-state index is 0.106. The van der Waals surface area contributed by atoms with Crippen molar-refractivity contribution in [1.82, 2.24) is 14.7 Å². The van der Waals surface area contributed by atoms with E-state index in [1.54, 1.807) is 4.90 Å². The summed E-state index contributed by atoms with van der Waals surface area (Å²) in [4.78, 5) is 14.5. The minimum Gasteiger partial charge on any atom is -0.494 e. The summed E-state index contributed by atoms with van der Waals surface area (Å²) >= 11 is 0. The molecule has 142 valence electrons. The number of ether oxygens (including phenoxy) is 1. The number of rotatable bonds is 8. The molecule has 0 saturated heterocycles. The summed E-state index contributed by atoms with van der Waals surface area (Å²) in [6.45, 7) is 12.5. The summed E-state index contributed by atoms with van der Waals surface area (Å²) in [5, 5.41) is 4.61. The summed E-state index contributed by atoms with van der Waals surface area (Å²) in [6.07, 6.45) is 0.392. The molecule has 1 heterocycles. The highest BCUT2D eigenvalue weighted by atomic mass is 16.5. The van der Waals surface area contributed by atoms with Crippen LogP contribution in [0.25, 0.3) is 0 Å². The third-order valence-corrected chi connectivity index (χ3v) is 4.48. The summed E-state index contributed by atoms with van der Waals surface area (Å²) in [6, 6.07) is 7.90. The Bertz CT molecular complexity index is 732. The van der Waals surface area contributed by atoms with Gasteiger partial charge in [0.1, 0.15) is 5.75 Å². The lowest BCUT2D eigenvalue weighted by molar-refractivity contribution is -0.129. The third kappa shape index (κ3) is 5.10. The Balaban J connectivity index is 2.01. The predicted octanol–water partition coefficient (Wildman–Crippen LogP) is 3.76. The Morgan fingerprint density at radius 1 is 1.23 bits per heavy atom. The van der Waals surface area contributed by atoms with E-state index in [0.717, 1.165) is 34.8 Å². The van der Waals surface area contributed by atoms with Gasteiger partial charge in [0.15, 0.2) is 0 Å². The standard InChI is InChI=1S/C21H31N3O2/c1-7-26-19-10-8-18(9-11-19)14-23(6)21(25)12-20-16(4)22-24(17(20)5)13-15(2)3/h8-11,15H,7,12-14H2,1-6H3. The van der Waals surface area contributed by atoms with Gasteiger partial charge in [-0.3, -0.25) is 9.48 Å². The van der Waals surface area contributed by atoms with E-state index in [9.17, 15) is 4.79 Å². The van der Waals surface area contributed by atoms with Crippen molar-refractivity contribution >= 4 is 5.91 Å². The number of nitrogens with zero attached hydrogens (tertiary/aromatic N) is 3. The Hall–Kier alpha value is -2.30. The molecule has 5 nitrogen and oxygen atoms in total. The van der Waals surface area contributed by atoms with Gasteiger partial charge in [-0.1, -0.05) is 26.0 Å². The molecule has 1 amide bonds. The van der Waals surface area contributed by atoms with Crippen LogP contribution in [-0.4, -0.2) is 34.2 Å². The van der Waals surface area contributed by atoms with Crippen molar-refractivity contribution in [3.05, 3.63) is 46.8 Å². The van der Waals surface area contributed by atoms with Crippen molar-refractivity contribution in [2.24, 2.45) is 5.92 Å². The smallest absolute Gasteiger partial charge is 0.227 e. The number of amides is 1. The summed E-state index contributed by atoms with van der Waals surface area (Å²) in [5.74, 6) is 1.49. The van der Waals surface area contributed by atoms with E-state index in [-0.39, 0.29) is 5.91 Å². The zero-order chi connectivity index (χ0) is 19.3. The number of aromatic nitrogens is 2. The van der Waals surface area contributed by atoms with Gasteiger partial charge >= 0.3 is 0 Å². The first-order chi connectivity index (χ1) is 12.3. The summed E-state index contributed by atoms with van der Waals surface area (Å²) < 4.78 is 7.48. The lowest BCUT2D eigenvalue weighted by Gasteiger charge is -2.18. The van der Waals surface area contributed by atoms with Gasteiger partial charge in [-0.05, 0) is 44.4 Å². The van der Waals surface area contributed by atoms with E-state index >= 15 is 0 Å². The van der Waals surface area contributed by atoms with Gasteiger partial charge in [0.2, 0.25) is 5.91 Å². The number of hydrogen-bond donors (Lipinski definition) is 0. The Morgan fingerprint density at radius 3 is 2.46 bits per heavy atom. The lowest BCUT2D eigenvalue weighted by atomic mass is 10.1. The highest BCUT2D eigenvalue weighted by Gasteiger charge is 2.18. The first-order valence-electron chi connectivity index (χ1n) is 9.30. The normalized spacial score (nSPS) is 11.0. The van der Waals surface area contributed by atoms with Crippen LogP contribution < -0.4 is 4.74 Å². The first kappa shape index (κ1) is 20.0. The molecule has 0 unspecified atom stereocenters. The molecule has 2 aromatic rings. The monoisotopic (exact) mass is 357 g/mol. The molecule has 0 radical (unpaired) electrons. The third-order valence-electron chi connectivity index (χ3n) is 4.48. The fourth-order valence-electron chi connectivity index (χ4n) is 3.02. The molecular formula is C21H31N3O2. The zero-order valence-electron chi connectivity index (χ0n) is 16.9. The summed E-state index contributed by atoms with van der Waals surface area (Å²) in [7, 11) is 1.85. The number of likely N-dealkylation sites (N-methyl/N-ethyl adjacent to an activating group) is 1. The number of carbonyl (C=O) groups excluding carboxylic acids is 1. The van der Waals surface area contributed by atoms with Crippen molar-refractivity contribution in [1.29, 1.82) is 0 Å². The average Bonchev–Trinajstić information content (AvgIpc) is 2.83. The largest absolute Gasteiger partial charge is 0.494 e. The van der Waals surface area contributed by atoms with Crippen LogP contribution in [-0.2, 0) is 24.3 Å². The molecular weight excluding hydrogens is 326 g/mol. The van der Waals surface area contributed by atoms with Gasteiger partial charge in [0, 0.05) is 31.4 Å². The lowest BCUT2D eigenvalue weighted by Crippen LogP contribution is -2.28. The molecule has 0 fully saturated rings. The van der Waals surface area contributed by atoms with Crippen molar-refractivity contribution in [2.75, 3.05) is 13.7 Å². The molecule has 0 aliphatic heterocycles. The van der Waals surface area contributed by atoms with E-state index < -0.39 is 0 Å². The van der Waals surface area contributed by atoms with E-state index in [1.165, 1.54) is 0 Å². The van der Waals surface area contributed by atoms with Crippen molar-refractivity contribution in [3.63, 3.8) is 0 Å². The van der Waals surface area contributed by atoms with Gasteiger partial charge < -0.3 is 9.64 Å². The molecule has 0 atom stereocenters. The van der Waals surface area contributed by atoms with E-state index in [2.05, 4.69) is 25.9 Å². The van der Waals surface area contributed by atoms with Crippen LogP contribution >= 0.6 is 0 Å². The van der Waals surface area contributed by atoms with Gasteiger partial charge in [0.25, 0.3) is 0 Å². The molecule has 5 heteroatoms. The molecule has 0 saturated carbocycles. The summed E-state index contributed by atoms with van der Waals surface area (Å²) in [5.41, 5.74) is 4.19. The quantitative estimate of drug-likeness (QED) is 0.723. The van der Waals surface area contributed by atoms with Gasteiger partial charge in [-0.2, -0.15) is 5.10 Å². The van der Waals surface area contributed by atoms with E-state index in [1.807, 2.05) is 49.8 Å². The maximum atomic E-state index is 12.7. The van der Waals surface area contributed by atoms with Crippen LogP contribution in [0.2, 0.25) is 0 Å². The molecule has 1 aromatic carbocycles. The highest BCUT2D eigenvalue weighted by molar-refractivity contribution is 5.79. The molecule has 1 aromatic heterocycles. The van der Waals surface area contributed by atoms with Gasteiger partial charge in [0.05, 0.1) is 18.7 Å². The molecule has 0 aliphatic rings. The minimum absolute atomic E-state index is 0.106. The molecule has 0 bridgehead atoms. The first-order valence-corrected chi connectivity index (χ1v) is 9.30. The van der Waals surface area contributed by atoms with E-state index in [4.69, 9.17) is 4.74 Å². The average molecular weight is 357 g/mol. The Labute approximate surface area is 157 Å². The second-order valence-electron chi connectivity index (χ2n) is 7.23. The van der Waals surface area contributed by atoms with Crippen LogP contribution in [0.1, 0.15) is 43.3 Å². The van der Waals surface area contributed by atoms with Crippen LogP contribution in [0.4, 0.5) is 0 Å². The fourth-order valence-corrected chi connectivity index (χ4v) is 3.02. The number of aryl methyl sites for hydroxylation is 1. The van der Waals surface area contributed by atoms with Gasteiger partial charge in [-0.25, -0.2) is 0 Å². The van der Waals surface area contributed by atoms with Crippen molar-refractivity contribution in [3.8, 4) is 5.75 Å². The predicted molar refractivity (Wildman–Crippen MR) is 104 cm³/mol. The number of benzene rings is 1. The maximum absolute atomic E-state index is 12.7. The molecule has 0 aliphatic carbocycles. The fraction of sp³-hybridized carbons (Fsp3) is 0.524.